The molecule has 7 heteroatoms. The summed E-state index contributed by atoms with van der Waals surface area (Å²) < 4.78 is 41.0. The van der Waals surface area contributed by atoms with Crippen LogP contribution in [0.5, 0.6) is 0 Å². The zero-order chi connectivity index (χ0) is 20.7. The van der Waals surface area contributed by atoms with Crippen molar-refractivity contribution < 1.29 is 23.1 Å². The molecule has 0 saturated heterocycles. The minimum atomic E-state index is -5.09. The van der Waals surface area contributed by atoms with E-state index in [1.54, 1.807) is 42.5 Å². The number of nitrogens with one attached hydrogen (secondary N) is 1. The van der Waals surface area contributed by atoms with E-state index >= 15 is 0 Å². The van der Waals surface area contributed by atoms with Gasteiger partial charge < -0.3 is 5.11 Å². The van der Waals surface area contributed by atoms with Crippen molar-refractivity contribution in [3.63, 3.8) is 0 Å². The molecule has 1 amide bonds. The van der Waals surface area contributed by atoms with Crippen LogP contribution in [-0.2, 0) is 5.41 Å². The second kappa shape index (κ2) is 6.67. The summed E-state index contributed by atoms with van der Waals surface area (Å²) in [6.07, 6.45) is -4.47. The fourth-order valence-corrected chi connectivity index (χ4v) is 2.93. The molecule has 0 saturated carbocycles. The molecule has 0 fully saturated rings. The largest absolute Gasteiger partial charge is 0.442 e. The zero-order valence-corrected chi connectivity index (χ0v) is 15.7. The maximum Gasteiger partial charge on any atom is 0.442 e. The number of amides is 1. The third-order valence-electron chi connectivity index (χ3n) is 4.62. The van der Waals surface area contributed by atoms with E-state index in [9.17, 15) is 23.1 Å². The second-order valence-electron chi connectivity index (χ2n) is 7.73. The Morgan fingerprint density at radius 2 is 1.57 bits per heavy atom. The van der Waals surface area contributed by atoms with E-state index in [0.29, 0.717) is 11.6 Å². The lowest BCUT2D eigenvalue weighted by Crippen LogP contribution is -2.60. The zero-order valence-electron chi connectivity index (χ0n) is 15.7. The van der Waals surface area contributed by atoms with Gasteiger partial charge in [-0.15, -0.1) is 0 Å². The third-order valence-corrected chi connectivity index (χ3v) is 4.62. The molecule has 1 heterocycles. The Labute approximate surface area is 161 Å². The predicted octanol–water partition coefficient (Wildman–Crippen LogP) is 4.24. The molecule has 28 heavy (non-hydrogen) atoms. The molecule has 0 radical (unpaired) electrons. The Kier molecular flexibility index (Phi) is 4.75. The van der Waals surface area contributed by atoms with Gasteiger partial charge >= 0.3 is 6.18 Å². The highest BCUT2D eigenvalue weighted by atomic mass is 19.4. The Morgan fingerprint density at radius 1 is 1.00 bits per heavy atom. The highest BCUT2D eigenvalue weighted by molar-refractivity contribution is 5.96. The van der Waals surface area contributed by atoms with Crippen molar-refractivity contribution in [1.29, 1.82) is 0 Å². The standard InChI is InChI=1S/C21H21F3N2O2/c1-19(2,3)16-11-9-15(10-12-16)18(27)26-20(28,21(22,23)24)13-17(25-26)14-7-5-4-6-8-14/h4-13,25,28H,1-3H3/t20-/m0/s1. The van der Waals surface area contributed by atoms with Crippen LogP contribution >= 0.6 is 0 Å². The number of hydrogen-bond donors (Lipinski definition) is 2. The second-order valence-corrected chi connectivity index (χ2v) is 7.73. The first-order valence-electron chi connectivity index (χ1n) is 8.72. The lowest BCUT2D eigenvalue weighted by molar-refractivity contribution is -0.283. The third kappa shape index (κ3) is 3.49. The molecule has 1 aliphatic rings. The first kappa shape index (κ1) is 19.9. The normalized spacial score (nSPS) is 20.0. The van der Waals surface area contributed by atoms with E-state index in [1.807, 2.05) is 20.8 Å². The number of rotatable bonds is 2. The Morgan fingerprint density at radius 3 is 2.07 bits per heavy atom. The topological polar surface area (TPSA) is 52.6 Å². The van der Waals surface area contributed by atoms with Crippen molar-refractivity contribution >= 4 is 11.6 Å². The van der Waals surface area contributed by atoms with E-state index in [4.69, 9.17) is 0 Å². The monoisotopic (exact) mass is 390 g/mol. The molecule has 0 unspecified atom stereocenters. The molecule has 2 aromatic rings. The predicted molar refractivity (Wildman–Crippen MR) is 99.9 cm³/mol. The van der Waals surface area contributed by atoms with Crippen molar-refractivity contribution in [2.45, 2.75) is 38.1 Å². The van der Waals surface area contributed by atoms with Gasteiger partial charge in [0.2, 0.25) is 0 Å². The maximum absolute atomic E-state index is 13.7. The molecule has 4 nitrogen and oxygen atoms in total. The van der Waals surface area contributed by atoms with Crippen LogP contribution in [-0.4, -0.2) is 27.9 Å². The summed E-state index contributed by atoms with van der Waals surface area (Å²) in [5, 5.41) is 10.6. The lowest BCUT2D eigenvalue weighted by atomic mass is 9.86. The van der Waals surface area contributed by atoms with Gasteiger partial charge in [-0.3, -0.25) is 10.2 Å². The van der Waals surface area contributed by atoms with Crippen LogP contribution in [0.1, 0.15) is 42.3 Å². The molecular formula is C21H21F3N2O2. The Bertz CT molecular complexity index is 900. The molecule has 3 rings (SSSR count). The number of benzene rings is 2. The fourth-order valence-electron chi connectivity index (χ4n) is 2.93. The van der Waals surface area contributed by atoms with Gasteiger partial charge in [0.05, 0.1) is 5.70 Å². The number of alkyl halides is 3. The Balaban J connectivity index is 1.97. The first-order chi connectivity index (χ1) is 12.9. The minimum absolute atomic E-state index is 0.0000803. The van der Waals surface area contributed by atoms with Crippen LogP contribution in [0, 0.1) is 0 Å². The van der Waals surface area contributed by atoms with Gasteiger partial charge in [0.25, 0.3) is 11.6 Å². The summed E-state index contributed by atoms with van der Waals surface area (Å²) in [4.78, 5) is 12.8. The van der Waals surface area contributed by atoms with E-state index in [-0.39, 0.29) is 21.7 Å². The van der Waals surface area contributed by atoms with Crippen molar-refractivity contribution in [2.75, 3.05) is 0 Å². The summed E-state index contributed by atoms with van der Waals surface area (Å²) in [5.41, 5.74) is 0.188. The first-order valence-corrected chi connectivity index (χ1v) is 8.72. The summed E-state index contributed by atoms with van der Waals surface area (Å²) in [7, 11) is 0. The quantitative estimate of drug-likeness (QED) is 0.807. The van der Waals surface area contributed by atoms with Crippen LogP contribution in [0.3, 0.4) is 0 Å². The van der Waals surface area contributed by atoms with Crippen LogP contribution in [0.4, 0.5) is 13.2 Å². The van der Waals surface area contributed by atoms with Crippen LogP contribution in [0.25, 0.3) is 5.70 Å². The average molecular weight is 390 g/mol. The van der Waals surface area contributed by atoms with Gasteiger partial charge in [-0.1, -0.05) is 63.2 Å². The maximum atomic E-state index is 13.7. The van der Waals surface area contributed by atoms with Gasteiger partial charge in [0, 0.05) is 11.6 Å². The van der Waals surface area contributed by atoms with E-state index in [0.717, 1.165) is 5.56 Å². The Hall–Kier alpha value is -2.80. The van der Waals surface area contributed by atoms with Gasteiger partial charge in [-0.05, 0) is 28.7 Å². The summed E-state index contributed by atoms with van der Waals surface area (Å²) in [6.45, 7) is 5.97. The van der Waals surface area contributed by atoms with Crippen molar-refractivity contribution in [3.8, 4) is 0 Å². The minimum Gasteiger partial charge on any atom is -0.359 e. The van der Waals surface area contributed by atoms with Crippen LogP contribution in [0.2, 0.25) is 0 Å². The number of halogens is 3. The van der Waals surface area contributed by atoms with E-state index in [1.165, 1.54) is 12.1 Å². The molecule has 148 valence electrons. The number of hydrazine groups is 1. The molecule has 2 N–H and O–H groups in total. The summed E-state index contributed by atoms with van der Waals surface area (Å²) in [6, 6.07) is 14.5. The average Bonchev–Trinajstić information content (AvgIpc) is 3.00. The molecule has 2 aromatic carbocycles. The molecule has 0 aliphatic carbocycles. The number of carbonyl (C=O) groups is 1. The highest BCUT2D eigenvalue weighted by Crippen LogP contribution is 2.40. The molecule has 0 aromatic heterocycles. The number of nitrogens with zero attached hydrogens (tertiary/aromatic N) is 1. The SMILES string of the molecule is CC(C)(C)c1ccc(C(=O)N2NC(c3ccccc3)=C[C@]2(O)C(F)(F)F)cc1. The number of carbonyl (C=O) groups excluding carboxylic acids is 1. The van der Waals surface area contributed by atoms with Crippen molar-refractivity contribution in [2.24, 2.45) is 0 Å². The van der Waals surface area contributed by atoms with Gasteiger partial charge in [-0.2, -0.15) is 13.2 Å². The van der Waals surface area contributed by atoms with Crippen molar-refractivity contribution in [3.05, 3.63) is 77.4 Å². The van der Waals surface area contributed by atoms with E-state index in [2.05, 4.69) is 5.43 Å². The van der Waals surface area contributed by atoms with Crippen LogP contribution < -0.4 is 5.43 Å². The molecular weight excluding hydrogens is 369 g/mol. The van der Waals surface area contributed by atoms with Crippen LogP contribution in [0.15, 0.2) is 60.7 Å². The van der Waals surface area contributed by atoms with Gasteiger partial charge in [0.1, 0.15) is 0 Å². The summed E-state index contributed by atoms with van der Waals surface area (Å²) in [5.74, 6) is -0.984. The molecule has 1 atom stereocenters. The van der Waals surface area contributed by atoms with Crippen molar-refractivity contribution in [1.82, 2.24) is 10.4 Å². The lowest BCUT2D eigenvalue weighted by Gasteiger charge is -2.33. The van der Waals surface area contributed by atoms with Gasteiger partial charge in [-0.25, -0.2) is 5.01 Å². The van der Waals surface area contributed by atoms with Gasteiger partial charge in [0.15, 0.2) is 0 Å². The number of aliphatic hydroxyl groups is 1. The fraction of sp³-hybridized carbons (Fsp3) is 0.286. The summed E-state index contributed by atoms with van der Waals surface area (Å²) >= 11 is 0. The smallest absolute Gasteiger partial charge is 0.359 e. The number of hydrogen-bond acceptors (Lipinski definition) is 3. The molecule has 0 spiro atoms. The molecule has 1 aliphatic heterocycles. The highest BCUT2D eigenvalue weighted by Gasteiger charge is 2.61. The molecule has 0 bridgehead atoms. The van der Waals surface area contributed by atoms with E-state index < -0.39 is 17.8 Å².